The van der Waals surface area contributed by atoms with Gasteiger partial charge in [0, 0.05) is 6.61 Å². The molecule has 2 aromatic rings. The van der Waals surface area contributed by atoms with Gasteiger partial charge in [-0.25, -0.2) is 0 Å². The molecule has 4 heteroatoms. The van der Waals surface area contributed by atoms with Gasteiger partial charge in [0.1, 0.15) is 11.9 Å². The Morgan fingerprint density at radius 2 is 1.95 bits per heavy atom. The van der Waals surface area contributed by atoms with E-state index >= 15 is 0 Å². The number of likely N-dealkylation sites (N-methyl/N-ethyl adjacent to an activating group) is 1. The Morgan fingerprint density at radius 1 is 1.20 bits per heavy atom. The highest BCUT2D eigenvalue weighted by Gasteiger charge is 2.28. The van der Waals surface area contributed by atoms with Gasteiger partial charge >= 0.3 is 0 Å². The summed E-state index contributed by atoms with van der Waals surface area (Å²) in [5.74, 6) is 0.870. The maximum absolute atomic E-state index is 5.98. The number of furan rings is 1. The first-order valence-corrected chi connectivity index (χ1v) is 7.70. The minimum Gasteiger partial charge on any atom is -0.466 e. The predicted octanol–water partition coefficient (Wildman–Crippen LogP) is 4.47. The van der Waals surface area contributed by atoms with Gasteiger partial charge in [-0.05, 0) is 41.0 Å². The molecule has 0 saturated heterocycles. The molecule has 0 amide bonds. The SMILES string of the molecule is CCNC(c1occc1Br)C(OCC)c1ccccc1. The van der Waals surface area contributed by atoms with Crippen LogP contribution in [0, 0.1) is 0 Å². The number of rotatable bonds is 7. The van der Waals surface area contributed by atoms with Crippen LogP contribution in [0.1, 0.15) is 37.3 Å². The average molecular weight is 338 g/mol. The van der Waals surface area contributed by atoms with Crippen molar-refractivity contribution >= 4 is 15.9 Å². The van der Waals surface area contributed by atoms with E-state index < -0.39 is 0 Å². The van der Waals surface area contributed by atoms with Gasteiger partial charge in [-0.1, -0.05) is 37.3 Å². The molecule has 0 aliphatic carbocycles. The van der Waals surface area contributed by atoms with Crippen LogP contribution in [0.5, 0.6) is 0 Å². The molecule has 20 heavy (non-hydrogen) atoms. The Bertz CT molecular complexity index is 512. The minimum absolute atomic E-state index is 0.0216. The standard InChI is InChI=1S/C16H20BrNO2/c1-3-18-14(16-13(17)10-11-20-16)15(19-4-2)12-8-6-5-7-9-12/h5-11,14-15,18H,3-4H2,1-2H3. The second kappa shape index (κ2) is 7.62. The maximum Gasteiger partial charge on any atom is 0.137 e. The summed E-state index contributed by atoms with van der Waals surface area (Å²) < 4.78 is 12.6. The molecule has 0 bridgehead atoms. The highest BCUT2D eigenvalue weighted by molar-refractivity contribution is 9.10. The monoisotopic (exact) mass is 337 g/mol. The Balaban J connectivity index is 2.35. The first-order chi connectivity index (χ1) is 9.77. The first kappa shape index (κ1) is 15.3. The summed E-state index contributed by atoms with van der Waals surface area (Å²) in [5.41, 5.74) is 1.14. The summed E-state index contributed by atoms with van der Waals surface area (Å²) >= 11 is 3.54. The van der Waals surface area contributed by atoms with Crippen LogP contribution in [0.3, 0.4) is 0 Å². The molecule has 0 radical (unpaired) electrons. The van der Waals surface area contributed by atoms with Crippen molar-refractivity contribution in [1.29, 1.82) is 0 Å². The van der Waals surface area contributed by atoms with E-state index in [-0.39, 0.29) is 12.1 Å². The van der Waals surface area contributed by atoms with Crippen LogP contribution in [0.2, 0.25) is 0 Å². The lowest BCUT2D eigenvalue weighted by Gasteiger charge is -2.27. The van der Waals surface area contributed by atoms with Crippen molar-refractivity contribution in [3.8, 4) is 0 Å². The number of halogens is 1. The molecule has 1 N–H and O–H groups in total. The summed E-state index contributed by atoms with van der Waals surface area (Å²) in [6, 6.07) is 12.1. The summed E-state index contributed by atoms with van der Waals surface area (Å²) in [7, 11) is 0. The van der Waals surface area contributed by atoms with E-state index in [2.05, 4.69) is 40.3 Å². The molecule has 108 valence electrons. The third kappa shape index (κ3) is 3.51. The summed E-state index contributed by atoms with van der Waals surface area (Å²) in [4.78, 5) is 0. The molecular formula is C16H20BrNO2. The zero-order chi connectivity index (χ0) is 14.4. The molecular weight excluding hydrogens is 318 g/mol. The van der Waals surface area contributed by atoms with Crippen LogP contribution >= 0.6 is 15.9 Å². The van der Waals surface area contributed by atoms with Gasteiger partial charge in [0.25, 0.3) is 0 Å². The van der Waals surface area contributed by atoms with E-state index in [1.165, 1.54) is 0 Å². The molecule has 2 rings (SSSR count). The third-order valence-corrected chi connectivity index (χ3v) is 3.78. The van der Waals surface area contributed by atoms with Crippen molar-refractivity contribution in [3.63, 3.8) is 0 Å². The van der Waals surface area contributed by atoms with Gasteiger partial charge in [0.2, 0.25) is 0 Å². The Kier molecular flexibility index (Phi) is 5.83. The molecule has 0 aliphatic rings. The van der Waals surface area contributed by atoms with Crippen LogP contribution in [-0.2, 0) is 4.74 Å². The Hall–Kier alpha value is -1.10. The Morgan fingerprint density at radius 3 is 2.50 bits per heavy atom. The van der Waals surface area contributed by atoms with E-state index in [4.69, 9.17) is 9.15 Å². The molecule has 2 atom stereocenters. The second-order valence-corrected chi connectivity index (χ2v) is 5.31. The lowest BCUT2D eigenvalue weighted by atomic mass is 10.00. The van der Waals surface area contributed by atoms with Crippen LogP contribution in [-0.4, -0.2) is 13.2 Å². The highest BCUT2D eigenvalue weighted by atomic mass is 79.9. The summed E-state index contributed by atoms with van der Waals surface area (Å²) in [6.07, 6.45) is 1.61. The fraction of sp³-hybridized carbons (Fsp3) is 0.375. The molecule has 1 aromatic heterocycles. The third-order valence-electron chi connectivity index (χ3n) is 3.13. The lowest BCUT2D eigenvalue weighted by molar-refractivity contribution is 0.0271. The average Bonchev–Trinajstić information content (AvgIpc) is 2.90. The molecule has 2 unspecified atom stereocenters. The number of nitrogens with one attached hydrogen (secondary N) is 1. The fourth-order valence-electron chi connectivity index (χ4n) is 2.29. The van der Waals surface area contributed by atoms with Crippen molar-refractivity contribution in [2.45, 2.75) is 26.0 Å². The molecule has 0 spiro atoms. The number of benzene rings is 1. The van der Waals surface area contributed by atoms with Gasteiger partial charge in [-0.15, -0.1) is 0 Å². The van der Waals surface area contributed by atoms with Crippen molar-refractivity contribution < 1.29 is 9.15 Å². The maximum atomic E-state index is 5.98. The minimum atomic E-state index is -0.0800. The predicted molar refractivity (Wildman–Crippen MR) is 83.6 cm³/mol. The fourth-order valence-corrected chi connectivity index (χ4v) is 2.74. The van der Waals surface area contributed by atoms with Gasteiger partial charge in [0.15, 0.2) is 0 Å². The van der Waals surface area contributed by atoms with E-state index in [0.29, 0.717) is 6.61 Å². The lowest BCUT2D eigenvalue weighted by Crippen LogP contribution is -2.28. The molecule has 1 aromatic carbocycles. The van der Waals surface area contributed by atoms with Gasteiger partial charge in [-0.2, -0.15) is 0 Å². The molecule has 0 saturated carbocycles. The van der Waals surface area contributed by atoms with Crippen molar-refractivity contribution in [1.82, 2.24) is 5.32 Å². The van der Waals surface area contributed by atoms with Crippen molar-refractivity contribution in [2.75, 3.05) is 13.2 Å². The van der Waals surface area contributed by atoms with E-state index in [0.717, 1.165) is 22.3 Å². The molecule has 1 heterocycles. The normalized spacial score (nSPS) is 14.2. The second-order valence-electron chi connectivity index (χ2n) is 4.45. The Labute approximate surface area is 128 Å². The van der Waals surface area contributed by atoms with Crippen molar-refractivity contribution in [3.05, 3.63) is 58.5 Å². The first-order valence-electron chi connectivity index (χ1n) is 6.90. The van der Waals surface area contributed by atoms with Gasteiger partial charge in [0.05, 0.1) is 16.8 Å². The van der Waals surface area contributed by atoms with Gasteiger partial charge in [-0.3, -0.25) is 0 Å². The summed E-state index contributed by atoms with van der Waals surface area (Å²) in [6.45, 7) is 5.59. The van der Waals surface area contributed by atoms with E-state index in [9.17, 15) is 0 Å². The molecule has 0 fully saturated rings. The largest absolute Gasteiger partial charge is 0.466 e. The van der Waals surface area contributed by atoms with Crippen LogP contribution in [0.15, 0.2) is 51.6 Å². The van der Waals surface area contributed by atoms with Crippen LogP contribution in [0.25, 0.3) is 0 Å². The number of ether oxygens (including phenoxy) is 1. The van der Waals surface area contributed by atoms with Crippen LogP contribution < -0.4 is 5.32 Å². The smallest absolute Gasteiger partial charge is 0.137 e. The highest BCUT2D eigenvalue weighted by Crippen LogP contribution is 2.36. The van der Waals surface area contributed by atoms with E-state index in [1.807, 2.05) is 31.2 Å². The molecule has 0 aliphatic heterocycles. The van der Waals surface area contributed by atoms with Crippen molar-refractivity contribution in [2.24, 2.45) is 0 Å². The van der Waals surface area contributed by atoms with Crippen LogP contribution in [0.4, 0.5) is 0 Å². The zero-order valence-electron chi connectivity index (χ0n) is 11.8. The van der Waals surface area contributed by atoms with Gasteiger partial charge < -0.3 is 14.5 Å². The topological polar surface area (TPSA) is 34.4 Å². The summed E-state index contributed by atoms with van der Waals surface area (Å²) in [5, 5.41) is 3.46. The molecule has 3 nitrogen and oxygen atoms in total. The zero-order valence-corrected chi connectivity index (χ0v) is 13.4. The van der Waals surface area contributed by atoms with E-state index in [1.54, 1.807) is 6.26 Å². The number of hydrogen-bond donors (Lipinski definition) is 1. The number of hydrogen-bond acceptors (Lipinski definition) is 3. The quantitative estimate of drug-likeness (QED) is 0.809.